The summed E-state index contributed by atoms with van der Waals surface area (Å²) in [4.78, 5) is 0.262. The number of nitrogens with zero attached hydrogens (tertiary/aromatic N) is 3. The number of aromatic nitrogens is 2. The van der Waals surface area contributed by atoms with Gasteiger partial charge in [0.2, 0.25) is 10.0 Å². The lowest BCUT2D eigenvalue weighted by atomic mass is 10.1. The summed E-state index contributed by atoms with van der Waals surface area (Å²) in [7, 11) is -3.74. The van der Waals surface area contributed by atoms with E-state index in [-0.39, 0.29) is 10.7 Å². The Labute approximate surface area is 147 Å². The van der Waals surface area contributed by atoms with Crippen molar-refractivity contribution < 1.29 is 12.8 Å². The minimum absolute atomic E-state index is 0.262. The maximum absolute atomic E-state index is 13.6. The zero-order valence-corrected chi connectivity index (χ0v) is 15.5. The van der Waals surface area contributed by atoms with Crippen molar-refractivity contribution in [3.05, 3.63) is 47.0 Å². The first kappa shape index (κ1) is 18.0. The Morgan fingerprint density at radius 2 is 2.12 bits per heavy atom. The highest BCUT2D eigenvalue weighted by molar-refractivity contribution is 7.89. The first-order valence-electron chi connectivity index (χ1n) is 8.38. The van der Waals surface area contributed by atoms with Gasteiger partial charge in [-0.05, 0) is 38.5 Å². The smallest absolute Gasteiger partial charge is 0.247 e. The van der Waals surface area contributed by atoms with Crippen molar-refractivity contribution in [2.45, 2.75) is 38.3 Å². The standard InChI is InChI=1S/C17H23FN4O2S/c1-4-21-13(3)17(12(2)20-21)25(23,24)22-9-8-19-11-16(22)14-6-5-7-15(18)10-14/h5-7,10,16,19H,4,8-9,11H2,1-3H3. The molecule has 1 fully saturated rings. The van der Waals surface area contributed by atoms with Crippen LogP contribution in [0.4, 0.5) is 4.39 Å². The van der Waals surface area contributed by atoms with Crippen molar-refractivity contribution in [3.63, 3.8) is 0 Å². The molecule has 25 heavy (non-hydrogen) atoms. The van der Waals surface area contributed by atoms with Gasteiger partial charge in [0.15, 0.2) is 0 Å². The fourth-order valence-electron chi connectivity index (χ4n) is 3.45. The average Bonchev–Trinajstić information content (AvgIpc) is 2.89. The highest BCUT2D eigenvalue weighted by Crippen LogP contribution is 2.31. The zero-order valence-electron chi connectivity index (χ0n) is 14.7. The van der Waals surface area contributed by atoms with Gasteiger partial charge in [-0.15, -0.1) is 0 Å². The first-order chi connectivity index (χ1) is 11.9. The number of hydrogen-bond donors (Lipinski definition) is 1. The number of rotatable bonds is 4. The lowest BCUT2D eigenvalue weighted by Gasteiger charge is -2.35. The summed E-state index contributed by atoms with van der Waals surface area (Å²) in [5.74, 6) is -0.369. The van der Waals surface area contributed by atoms with E-state index in [0.29, 0.717) is 43.1 Å². The molecule has 0 amide bonds. The maximum atomic E-state index is 13.6. The van der Waals surface area contributed by atoms with Gasteiger partial charge in [-0.3, -0.25) is 4.68 Å². The van der Waals surface area contributed by atoms with Crippen LogP contribution >= 0.6 is 0 Å². The lowest BCUT2D eigenvalue weighted by molar-refractivity contribution is 0.270. The van der Waals surface area contributed by atoms with Gasteiger partial charge < -0.3 is 5.32 Å². The third kappa shape index (κ3) is 3.21. The molecule has 1 unspecified atom stereocenters. The Morgan fingerprint density at radius 1 is 1.36 bits per heavy atom. The molecule has 1 atom stereocenters. The molecule has 1 saturated heterocycles. The molecule has 1 aliphatic rings. The Hall–Kier alpha value is -1.77. The number of nitrogens with one attached hydrogen (secondary N) is 1. The normalized spacial score (nSPS) is 19.3. The third-order valence-electron chi connectivity index (χ3n) is 4.61. The van der Waals surface area contributed by atoms with Crippen molar-refractivity contribution in [1.29, 1.82) is 0 Å². The van der Waals surface area contributed by atoms with Crippen LogP contribution in [-0.4, -0.2) is 42.1 Å². The summed E-state index contributed by atoms with van der Waals surface area (Å²) in [6, 6.07) is 5.68. The zero-order chi connectivity index (χ0) is 18.2. The van der Waals surface area contributed by atoms with E-state index < -0.39 is 16.1 Å². The highest BCUT2D eigenvalue weighted by atomic mass is 32.2. The fourth-order valence-corrected chi connectivity index (χ4v) is 5.44. The van der Waals surface area contributed by atoms with E-state index in [9.17, 15) is 12.8 Å². The van der Waals surface area contributed by atoms with Crippen LogP contribution in [0.2, 0.25) is 0 Å². The molecular formula is C17H23FN4O2S. The van der Waals surface area contributed by atoms with Crippen LogP contribution in [-0.2, 0) is 16.6 Å². The fraction of sp³-hybridized carbons (Fsp3) is 0.471. The van der Waals surface area contributed by atoms with Crippen molar-refractivity contribution in [2.24, 2.45) is 0 Å². The molecule has 0 saturated carbocycles. The number of benzene rings is 1. The summed E-state index contributed by atoms with van der Waals surface area (Å²) < 4.78 is 43.6. The molecule has 1 N–H and O–H groups in total. The second kappa shape index (κ2) is 6.86. The summed E-state index contributed by atoms with van der Waals surface area (Å²) in [6.45, 7) is 7.36. The highest BCUT2D eigenvalue weighted by Gasteiger charge is 2.37. The molecule has 3 rings (SSSR count). The molecular weight excluding hydrogens is 343 g/mol. The molecule has 0 bridgehead atoms. The van der Waals surface area contributed by atoms with E-state index in [2.05, 4.69) is 10.4 Å². The molecule has 0 radical (unpaired) electrons. The van der Waals surface area contributed by atoms with Crippen molar-refractivity contribution >= 4 is 10.0 Å². The summed E-state index contributed by atoms with van der Waals surface area (Å²) in [5, 5.41) is 7.54. The number of sulfonamides is 1. The van der Waals surface area contributed by atoms with E-state index in [4.69, 9.17) is 0 Å². The summed E-state index contributed by atoms with van der Waals surface area (Å²) in [6.07, 6.45) is 0. The van der Waals surface area contributed by atoms with Gasteiger partial charge in [-0.2, -0.15) is 9.40 Å². The van der Waals surface area contributed by atoms with Gasteiger partial charge in [0.05, 0.1) is 17.4 Å². The van der Waals surface area contributed by atoms with E-state index in [1.807, 2.05) is 6.92 Å². The van der Waals surface area contributed by atoms with Crippen LogP contribution in [0.25, 0.3) is 0 Å². The van der Waals surface area contributed by atoms with Crippen molar-refractivity contribution in [3.8, 4) is 0 Å². The minimum Gasteiger partial charge on any atom is -0.313 e. The quantitative estimate of drug-likeness (QED) is 0.899. The third-order valence-corrected chi connectivity index (χ3v) is 6.77. The number of hydrogen-bond acceptors (Lipinski definition) is 4. The second-order valence-electron chi connectivity index (χ2n) is 6.21. The molecule has 2 heterocycles. The lowest BCUT2D eigenvalue weighted by Crippen LogP contribution is -2.48. The van der Waals surface area contributed by atoms with Gasteiger partial charge in [-0.25, -0.2) is 12.8 Å². The van der Waals surface area contributed by atoms with Crippen LogP contribution in [0.15, 0.2) is 29.2 Å². The van der Waals surface area contributed by atoms with E-state index in [1.165, 1.54) is 16.4 Å². The number of aryl methyl sites for hydroxylation is 2. The van der Waals surface area contributed by atoms with Crippen LogP contribution in [0, 0.1) is 19.7 Å². The largest absolute Gasteiger partial charge is 0.313 e. The predicted octanol–water partition coefficient (Wildman–Crippen LogP) is 1.99. The molecule has 136 valence electrons. The van der Waals surface area contributed by atoms with E-state index in [1.54, 1.807) is 30.7 Å². The average molecular weight is 366 g/mol. The van der Waals surface area contributed by atoms with Crippen LogP contribution in [0.3, 0.4) is 0 Å². The van der Waals surface area contributed by atoms with Gasteiger partial charge >= 0.3 is 0 Å². The molecule has 1 aromatic carbocycles. The monoisotopic (exact) mass is 366 g/mol. The molecule has 6 nitrogen and oxygen atoms in total. The molecule has 2 aromatic rings. The van der Waals surface area contributed by atoms with E-state index in [0.717, 1.165) is 0 Å². The molecule has 1 aromatic heterocycles. The first-order valence-corrected chi connectivity index (χ1v) is 9.82. The van der Waals surface area contributed by atoms with Crippen LogP contribution in [0.1, 0.15) is 29.9 Å². The summed E-state index contributed by atoms with van der Waals surface area (Å²) >= 11 is 0. The Bertz CT molecular complexity index is 879. The van der Waals surface area contributed by atoms with Gasteiger partial charge in [-0.1, -0.05) is 12.1 Å². The molecule has 0 aliphatic carbocycles. The number of halogens is 1. The second-order valence-corrected chi connectivity index (χ2v) is 8.03. The van der Waals surface area contributed by atoms with Crippen LogP contribution < -0.4 is 5.32 Å². The Balaban J connectivity index is 2.07. The Morgan fingerprint density at radius 3 is 2.76 bits per heavy atom. The maximum Gasteiger partial charge on any atom is 0.247 e. The Kier molecular flexibility index (Phi) is 4.95. The molecule has 0 spiro atoms. The SMILES string of the molecule is CCn1nc(C)c(S(=O)(=O)N2CCNCC2c2cccc(F)c2)c1C. The molecule has 1 aliphatic heterocycles. The van der Waals surface area contributed by atoms with Crippen molar-refractivity contribution in [1.82, 2.24) is 19.4 Å². The van der Waals surface area contributed by atoms with Crippen LogP contribution in [0.5, 0.6) is 0 Å². The van der Waals surface area contributed by atoms with Gasteiger partial charge in [0.1, 0.15) is 10.7 Å². The minimum atomic E-state index is -3.74. The number of piperazine rings is 1. The topological polar surface area (TPSA) is 67.2 Å². The van der Waals surface area contributed by atoms with E-state index >= 15 is 0 Å². The predicted molar refractivity (Wildman–Crippen MR) is 93.3 cm³/mol. The van der Waals surface area contributed by atoms with Gasteiger partial charge in [0, 0.05) is 26.2 Å². The summed E-state index contributed by atoms with van der Waals surface area (Å²) in [5.41, 5.74) is 1.78. The molecule has 8 heteroatoms. The van der Waals surface area contributed by atoms with Crippen molar-refractivity contribution in [2.75, 3.05) is 19.6 Å². The van der Waals surface area contributed by atoms with Gasteiger partial charge in [0.25, 0.3) is 0 Å².